The third-order valence-corrected chi connectivity index (χ3v) is 4.25. The molecule has 1 fully saturated rings. The van der Waals surface area contributed by atoms with Crippen LogP contribution in [0, 0.1) is 6.92 Å². The molecule has 4 heterocycles. The van der Waals surface area contributed by atoms with Crippen molar-refractivity contribution in [2.45, 2.75) is 25.8 Å². The monoisotopic (exact) mass is 310 g/mol. The maximum Gasteiger partial charge on any atom is 0.322 e. The van der Waals surface area contributed by atoms with Gasteiger partial charge in [0, 0.05) is 18.1 Å². The fourth-order valence-corrected chi connectivity index (χ4v) is 3.14. The zero-order valence-corrected chi connectivity index (χ0v) is 12.9. The number of urea groups is 1. The van der Waals surface area contributed by atoms with E-state index in [0.29, 0.717) is 5.69 Å². The summed E-state index contributed by atoms with van der Waals surface area (Å²) in [5.41, 5.74) is 1.51. The van der Waals surface area contributed by atoms with Gasteiger partial charge >= 0.3 is 6.03 Å². The second-order valence-corrected chi connectivity index (χ2v) is 5.87. The molecule has 1 unspecified atom stereocenters. The zero-order valence-electron chi connectivity index (χ0n) is 12.9. The third-order valence-electron chi connectivity index (χ3n) is 4.25. The third kappa shape index (κ3) is 2.56. The first-order valence-electron chi connectivity index (χ1n) is 7.78. The van der Waals surface area contributed by atoms with E-state index in [1.807, 2.05) is 42.3 Å². The van der Waals surface area contributed by atoms with Gasteiger partial charge in [-0.2, -0.15) is 0 Å². The zero-order chi connectivity index (χ0) is 15.8. The van der Waals surface area contributed by atoms with E-state index in [1.165, 1.54) is 0 Å². The number of aromatic nitrogens is 2. The Kier molecular flexibility index (Phi) is 3.29. The van der Waals surface area contributed by atoms with E-state index in [2.05, 4.69) is 15.3 Å². The fourth-order valence-electron chi connectivity index (χ4n) is 3.14. The van der Waals surface area contributed by atoms with Gasteiger partial charge in [0.25, 0.3) is 0 Å². The van der Waals surface area contributed by atoms with Crippen molar-refractivity contribution in [1.82, 2.24) is 14.9 Å². The SMILES string of the molecule is Cc1ccc(C2CCCN2C(=O)Nc2cnc3[nH]ccc3c2)o1. The molecule has 2 amide bonds. The number of nitrogens with zero attached hydrogens (tertiary/aromatic N) is 2. The molecular weight excluding hydrogens is 292 g/mol. The molecule has 3 aromatic rings. The highest BCUT2D eigenvalue weighted by molar-refractivity contribution is 5.92. The topological polar surface area (TPSA) is 74.2 Å². The van der Waals surface area contributed by atoms with Crippen molar-refractivity contribution in [3.63, 3.8) is 0 Å². The summed E-state index contributed by atoms with van der Waals surface area (Å²) in [6.07, 6.45) is 5.40. The molecule has 6 heteroatoms. The number of fused-ring (bicyclic) bond motifs is 1. The number of aromatic amines is 1. The maximum absolute atomic E-state index is 12.6. The minimum Gasteiger partial charge on any atom is -0.464 e. The van der Waals surface area contributed by atoms with Crippen molar-refractivity contribution >= 4 is 22.8 Å². The van der Waals surface area contributed by atoms with E-state index in [4.69, 9.17) is 4.42 Å². The number of nitrogens with one attached hydrogen (secondary N) is 2. The minimum absolute atomic E-state index is 0.00708. The minimum atomic E-state index is -0.113. The number of rotatable bonds is 2. The highest BCUT2D eigenvalue weighted by Gasteiger charge is 2.32. The van der Waals surface area contributed by atoms with Gasteiger partial charge in [-0.15, -0.1) is 0 Å². The molecule has 0 bridgehead atoms. The van der Waals surface area contributed by atoms with Crippen LogP contribution in [-0.4, -0.2) is 27.4 Å². The normalized spacial score (nSPS) is 17.8. The number of H-pyrrole nitrogens is 1. The number of pyridine rings is 1. The van der Waals surface area contributed by atoms with Crippen LogP contribution in [0.5, 0.6) is 0 Å². The summed E-state index contributed by atoms with van der Waals surface area (Å²) in [6, 6.07) is 7.64. The van der Waals surface area contributed by atoms with Crippen molar-refractivity contribution in [3.05, 3.63) is 48.2 Å². The Hall–Kier alpha value is -2.76. The van der Waals surface area contributed by atoms with E-state index in [9.17, 15) is 4.79 Å². The van der Waals surface area contributed by atoms with E-state index < -0.39 is 0 Å². The molecule has 2 N–H and O–H groups in total. The Morgan fingerprint density at radius 1 is 1.43 bits per heavy atom. The predicted octanol–water partition coefficient (Wildman–Crippen LogP) is 3.83. The lowest BCUT2D eigenvalue weighted by molar-refractivity contribution is 0.199. The van der Waals surface area contributed by atoms with Crippen LogP contribution < -0.4 is 5.32 Å². The Labute approximate surface area is 133 Å². The lowest BCUT2D eigenvalue weighted by Crippen LogP contribution is -2.34. The van der Waals surface area contributed by atoms with Crippen molar-refractivity contribution < 1.29 is 9.21 Å². The first-order valence-corrected chi connectivity index (χ1v) is 7.78. The molecule has 1 aliphatic rings. The van der Waals surface area contributed by atoms with Crippen LogP contribution >= 0.6 is 0 Å². The number of hydrogen-bond donors (Lipinski definition) is 2. The molecular formula is C17H18N4O2. The Balaban J connectivity index is 1.53. The van der Waals surface area contributed by atoms with E-state index in [1.54, 1.807) is 6.20 Å². The lowest BCUT2D eigenvalue weighted by atomic mass is 10.2. The van der Waals surface area contributed by atoms with Gasteiger partial charge in [-0.05, 0) is 44.0 Å². The first kappa shape index (κ1) is 13.9. The molecule has 0 aromatic carbocycles. The fraction of sp³-hybridized carbons (Fsp3) is 0.294. The van der Waals surface area contributed by atoms with Crippen molar-refractivity contribution in [2.24, 2.45) is 0 Å². The Morgan fingerprint density at radius 3 is 3.17 bits per heavy atom. The average Bonchev–Trinajstić information content (AvgIpc) is 3.26. The largest absolute Gasteiger partial charge is 0.464 e. The van der Waals surface area contributed by atoms with Crippen LogP contribution in [0.4, 0.5) is 10.5 Å². The number of aryl methyl sites for hydroxylation is 1. The maximum atomic E-state index is 12.6. The molecule has 23 heavy (non-hydrogen) atoms. The van der Waals surface area contributed by atoms with Crippen molar-refractivity contribution in [3.8, 4) is 0 Å². The quantitative estimate of drug-likeness (QED) is 0.755. The molecule has 0 saturated carbocycles. The standard InChI is InChI=1S/C17H18N4O2/c1-11-4-5-15(23-11)14-3-2-8-21(14)17(22)20-13-9-12-6-7-18-16(12)19-10-13/h4-7,9-10,14H,2-3,8H2,1H3,(H,18,19)(H,20,22). The van der Waals surface area contributed by atoms with E-state index in [0.717, 1.165) is 41.9 Å². The highest BCUT2D eigenvalue weighted by atomic mass is 16.3. The second-order valence-electron chi connectivity index (χ2n) is 5.87. The molecule has 6 nitrogen and oxygen atoms in total. The van der Waals surface area contributed by atoms with Crippen LogP contribution in [0.15, 0.2) is 41.1 Å². The van der Waals surface area contributed by atoms with Crippen LogP contribution in [-0.2, 0) is 0 Å². The molecule has 4 rings (SSSR count). The Morgan fingerprint density at radius 2 is 2.35 bits per heavy atom. The van der Waals surface area contributed by atoms with Gasteiger partial charge in [0.05, 0.1) is 17.9 Å². The number of furan rings is 1. The van der Waals surface area contributed by atoms with Gasteiger partial charge in [0.1, 0.15) is 17.2 Å². The number of carbonyl (C=O) groups is 1. The van der Waals surface area contributed by atoms with Crippen LogP contribution in [0.25, 0.3) is 11.0 Å². The summed E-state index contributed by atoms with van der Waals surface area (Å²) in [7, 11) is 0. The van der Waals surface area contributed by atoms with Gasteiger partial charge in [-0.3, -0.25) is 0 Å². The summed E-state index contributed by atoms with van der Waals surface area (Å²) in [5.74, 6) is 1.73. The van der Waals surface area contributed by atoms with Crippen LogP contribution in [0.2, 0.25) is 0 Å². The van der Waals surface area contributed by atoms with Crippen molar-refractivity contribution in [1.29, 1.82) is 0 Å². The summed E-state index contributed by atoms with van der Waals surface area (Å²) < 4.78 is 5.71. The van der Waals surface area contributed by atoms with E-state index in [-0.39, 0.29) is 12.1 Å². The number of amides is 2. The molecule has 0 spiro atoms. The summed E-state index contributed by atoms with van der Waals surface area (Å²) in [4.78, 5) is 21.8. The van der Waals surface area contributed by atoms with Gasteiger partial charge < -0.3 is 19.6 Å². The molecule has 1 atom stereocenters. The van der Waals surface area contributed by atoms with Gasteiger partial charge in [0.15, 0.2) is 0 Å². The Bertz CT molecular complexity index is 851. The van der Waals surface area contributed by atoms with Gasteiger partial charge in [0.2, 0.25) is 0 Å². The molecule has 3 aromatic heterocycles. The van der Waals surface area contributed by atoms with Crippen molar-refractivity contribution in [2.75, 3.05) is 11.9 Å². The molecule has 118 valence electrons. The number of hydrogen-bond acceptors (Lipinski definition) is 3. The second kappa shape index (κ2) is 5.46. The van der Waals surface area contributed by atoms with Crippen LogP contribution in [0.3, 0.4) is 0 Å². The van der Waals surface area contributed by atoms with E-state index >= 15 is 0 Å². The molecule has 0 radical (unpaired) electrons. The number of anilines is 1. The summed E-state index contributed by atoms with van der Waals surface area (Å²) >= 11 is 0. The lowest BCUT2D eigenvalue weighted by Gasteiger charge is -2.23. The number of carbonyl (C=O) groups excluding carboxylic acids is 1. The predicted molar refractivity (Wildman–Crippen MR) is 87.2 cm³/mol. The highest BCUT2D eigenvalue weighted by Crippen LogP contribution is 2.33. The smallest absolute Gasteiger partial charge is 0.322 e. The summed E-state index contributed by atoms with van der Waals surface area (Å²) in [6.45, 7) is 2.65. The molecule has 0 aliphatic carbocycles. The number of likely N-dealkylation sites (tertiary alicyclic amines) is 1. The molecule has 1 saturated heterocycles. The molecule has 1 aliphatic heterocycles. The average molecular weight is 310 g/mol. The van der Waals surface area contributed by atoms with Gasteiger partial charge in [-0.1, -0.05) is 0 Å². The van der Waals surface area contributed by atoms with Gasteiger partial charge in [-0.25, -0.2) is 9.78 Å². The van der Waals surface area contributed by atoms with Crippen LogP contribution in [0.1, 0.15) is 30.4 Å². The summed E-state index contributed by atoms with van der Waals surface area (Å²) in [5, 5.41) is 3.92. The first-order chi connectivity index (χ1) is 11.2.